The van der Waals surface area contributed by atoms with Crippen molar-refractivity contribution in [3.63, 3.8) is 0 Å². The third kappa shape index (κ3) is 3.29. The minimum Gasteiger partial charge on any atom is -0.380 e. The number of aryl methyl sites for hydroxylation is 1. The van der Waals surface area contributed by atoms with Crippen LogP contribution in [0.1, 0.15) is 17.3 Å². The number of tetrazole rings is 1. The van der Waals surface area contributed by atoms with Crippen LogP contribution in [0.2, 0.25) is 0 Å². The number of aromatic nitrogens is 4. The van der Waals surface area contributed by atoms with Gasteiger partial charge in [0.2, 0.25) is 0 Å². The lowest BCUT2D eigenvalue weighted by Gasteiger charge is -2.06. The molecule has 0 aliphatic carbocycles. The smallest absolute Gasteiger partial charge is 0.293 e. The van der Waals surface area contributed by atoms with E-state index in [1.165, 1.54) is 23.0 Å². The van der Waals surface area contributed by atoms with Crippen LogP contribution in [0.5, 0.6) is 0 Å². The largest absolute Gasteiger partial charge is 0.380 e. The lowest BCUT2D eigenvalue weighted by molar-refractivity contribution is -0.384. The quantitative estimate of drug-likeness (QED) is 0.616. The molecule has 0 atom stereocenters. The molecule has 0 aliphatic rings. The SMILES string of the molecule is CCNc1ccc(C(=O)Nc2nnn(C)n2)cc1[N+](=O)[O-]. The molecule has 10 heteroatoms. The first-order chi connectivity index (χ1) is 10.0. The van der Waals surface area contributed by atoms with Crippen LogP contribution in [0.4, 0.5) is 17.3 Å². The molecule has 1 amide bonds. The number of nitro benzene ring substituents is 1. The van der Waals surface area contributed by atoms with E-state index in [2.05, 4.69) is 26.0 Å². The summed E-state index contributed by atoms with van der Waals surface area (Å²) < 4.78 is 0. The number of anilines is 2. The number of carbonyl (C=O) groups is 1. The molecule has 0 radical (unpaired) electrons. The second-order valence-electron chi connectivity index (χ2n) is 4.08. The molecule has 21 heavy (non-hydrogen) atoms. The van der Waals surface area contributed by atoms with E-state index in [4.69, 9.17) is 0 Å². The summed E-state index contributed by atoms with van der Waals surface area (Å²) in [7, 11) is 1.55. The van der Waals surface area contributed by atoms with E-state index in [1.807, 2.05) is 6.92 Å². The van der Waals surface area contributed by atoms with Crippen molar-refractivity contribution < 1.29 is 9.72 Å². The van der Waals surface area contributed by atoms with Crippen LogP contribution < -0.4 is 10.6 Å². The van der Waals surface area contributed by atoms with Gasteiger partial charge in [0, 0.05) is 18.2 Å². The van der Waals surface area contributed by atoms with Crippen molar-refractivity contribution in [1.29, 1.82) is 0 Å². The minimum absolute atomic E-state index is 0.0286. The molecule has 1 aromatic carbocycles. The summed E-state index contributed by atoms with van der Waals surface area (Å²) in [5.74, 6) is -0.518. The van der Waals surface area contributed by atoms with Crippen LogP contribution in [0, 0.1) is 10.1 Å². The number of nitrogens with one attached hydrogen (secondary N) is 2. The van der Waals surface area contributed by atoms with Crippen molar-refractivity contribution in [1.82, 2.24) is 20.2 Å². The maximum absolute atomic E-state index is 12.0. The normalized spacial score (nSPS) is 10.2. The zero-order valence-corrected chi connectivity index (χ0v) is 11.4. The lowest BCUT2D eigenvalue weighted by atomic mass is 10.1. The topological polar surface area (TPSA) is 128 Å². The summed E-state index contributed by atoms with van der Waals surface area (Å²) in [6.07, 6.45) is 0. The van der Waals surface area contributed by atoms with Crippen molar-refractivity contribution >= 4 is 23.2 Å². The Morgan fingerprint density at radius 2 is 2.24 bits per heavy atom. The zero-order chi connectivity index (χ0) is 15.4. The molecule has 1 heterocycles. The molecule has 2 rings (SSSR count). The summed E-state index contributed by atoms with van der Waals surface area (Å²) in [5, 5.41) is 27.3. The van der Waals surface area contributed by atoms with E-state index in [1.54, 1.807) is 7.05 Å². The number of hydrogen-bond acceptors (Lipinski definition) is 7. The Morgan fingerprint density at radius 1 is 1.48 bits per heavy atom. The number of carbonyl (C=O) groups excluding carboxylic acids is 1. The number of benzene rings is 1. The van der Waals surface area contributed by atoms with E-state index in [0.717, 1.165) is 0 Å². The van der Waals surface area contributed by atoms with Crippen LogP contribution in [-0.4, -0.2) is 37.6 Å². The summed E-state index contributed by atoms with van der Waals surface area (Å²) in [6.45, 7) is 2.36. The molecule has 0 saturated heterocycles. The molecule has 0 bridgehead atoms. The van der Waals surface area contributed by atoms with Gasteiger partial charge in [-0.15, -0.1) is 5.10 Å². The molecule has 10 nitrogen and oxygen atoms in total. The fraction of sp³-hybridized carbons (Fsp3) is 0.273. The average molecular weight is 291 g/mol. The Kier molecular flexibility index (Phi) is 4.07. The molecule has 0 saturated carbocycles. The fourth-order valence-corrected chi connectivity index (χ4v) is 1.67. The molecular formula is C11H13N7O3. The van der Waals surface area contributed by atoms with Crippen molar-refractivity contribution in [2.45, 2.75) is 6.92 Å². The molecule has 2 N–H and O–H groups in total. The van der Waals surface area contributed by atoms with Gasteiger partial charge in [0.1, 0.15) is 5.69 Å². The maximum Gasteiger partial charge on any atom is 0.293 e. The molecule has 0 spiro atoms. The van der Waals surface area contributed by atoms with Crippen LogP contribution in [0.3, 0.4) is 0 Å². The maximum atomic E-state index is 12.0. The van der Waals surface area contributed by atoms with Crippen LogP contribution in [-0.2, 0) is 7.05 Å². The Hall–Kier alpha value is -3.04. The molecule has 0 unspecified atom stereocenters. The predicted molar refractivity (Wildman–Crippen MR) is 74.0 cm³/mol. The summed E-state index contributed by atoms with van der Waals surface area (Å²) in [5.41, 5.74) is 0.323. The second-order valence-corrected chi connectivity index (χ2v) is 4.08. The van der Waals surface area contributed by atoms with Gasteiger partial charge in [-0.05, 0) is 24.3 Å². The van der Waals surface area contributed by atoms with Gasteiger partial charge >= 0.3 is 0 Å². The summed E-state index contributed by atoms with van der Waals surface area (Å²) in [6, 6.07) is 4.17. The third-order valence-corrected chi connectivity index (χ3v) is 2.56. The zero-order valence-electron chi connectivity index (χ0n) is 11.4. The van der Waals surface area contributed by atoms with Gasteiger partial charge in [-0.1, -0.05) is 5.10 Å². The van der Waals surface area contributed by atoms with Gasteiger partial charge < -0.3 is 5.32 Å². The highest BCUT2D eigenvalue weighted by Crippen LogP contribution is 2.25. The highest BCUT2D eigenvalue weighted by atomic mass is 16.6. The number of nitro groups is 1. The molecular weight excluding hydrogens is 278 g/mol. The molecule has 0 aliphatic heterocycles. The molecule has 1 aromatic heterocycles. The monoisotopic (exact) mass is 291 g/mol. The molecule has 0 fully saturated rings. The van der Waals surface area contributed by atoms with E-state index >= 15 is 0 Å². The predicted octanol–water partition coefficient (Wildman–Crippen LogP) is 0.802. The number of amides is 1. The third-order valence-electron chi connectivity index (χ3n) is 2.56. The van der Waals surface area contributed by atoms with Crippen molar-refractivity contribution in [2.24, 2.45) is 7.05 Å². The van der Waals surface area contributed by atoms with Crippen LogP contribution in [0.15, 0.2) is 18.2 Å². The van der Waals surface area contributed by atoms with Crippen molar-refractivity contribution in [3.8, 4) is 0 Å². The van der Waals surface area contributed by atoms with E-state index in [-0.39, 0.29) is 17.2 Å². The Balaban J connectivity index is 2.25. The number of hydrogen-bond donors (Lipinski definition) is 2. The Labute approximate surface area is 119 Å². The fourth-order valence-electron chi connectivity index (χ4n) is 1.67. The van der Waals surface area contributed by atoms with E-state index < -0.39 is 10.8 Å². The van der Waals surface area contributed by atoms with Gasteiger partial charge in [0.05, 0.1) is 12.0 Å². The molecule has 2 aromatic rings. The first-order valence-electron chi connectivity index (χ1n) is 6.09. The molecule has 110 valence electrons. The van der Waals surface area contributed by atoms with E-state index in [9.17, 15) is 14.9 Å². The van der Waals surface area contributed by atoms with Gasteiger partial charge in [0.25, 0.3) is 17.5 Å². The standard InChI is InChI=1S/C11H13N7O3/c1-3-12-8-5-4-7(6-9(8)18(20)21)10(19)13-11-14-16-17(2)15-11/h4-6,12H,3H2,1-2H3,(H,13,15,19). The highest BCUT2D eigenvalue weighted by Gasteiger charge is 2.18. The van der Waals surface area contributed by atoms with Gasteiger partial charge in [-0.25, -0.2) is 0 Å². The summed E-state index contributed by atoms with van der Waals surface area (Å²) in [4.78, 5) is 23.7. The lowest BCUT2D eigenvalue weighted by Crippen LogP contribution is -2.14. The van der Waals surface area contributed by atoms with Gasteiger partial charge in [0.15, 0.2) is 0 Å². The van der Waals surface area contributed by atoms with Crippen LogP contribution in [0.25, 0.3) is 0 Å². The first-order valence-corrected chi connectivity index (χ1v) is 6.09. The number of nitrogens with zero attached hydrogens (tertiary/aromatic N) is 5. The Bertz CT molecular complexity index is 682. The van der Waals surface area contributed by atoms with Crippen LogP contribution >= 0.6 is 0 Å². The van der Waals surface area contributed by atoms with Crippen molar-refractivity contribution in [3.05, 3.63) is 33.9 Å². The first kappa shape index (κ1) is 14.4. The van der Waals surface area contributed by atoms with Gasteiger partial charge in [-0.3, -0.25) is 20.2 Å². The Morgan fingerprint density at radius 3 is 2.81 bits per heavy atom. The summed E-state index contributed by atoms with van der Waals surface area (Å²) >= 11 is 0. The highest BCUT2D eigenvalue weighted by molar-refractivity contribution is 6.04. The number of rotatable bonds is 5. The van der Waals surface area contributed by atoms with Gasteiger partial charge in [-0.2, -0.15) is 4.80 Å². The average Bonchev–Trinajstić information content (AvgIpc) is 2.84. The minimum atomic E-state index is -0.547. The second kappa shape index (κ2) is 5.94. The van der Waals surface area contributed by atoms with Crippen molar-refractivity contribution in [2.75, 3.05) is 17.2 Å². The van der Waals surface area contributed by atoms with E-state index in [0.29, 0.717) is 12.2 Å².